The van der Waals surface area contributed by atoms with Gasteiger partial charge in [0.15, 0.2) is 29.4 Å². The van der Waals surface area contributed by atoms with Crippen LogP contribution in [0.25, 0.3) is 16.9 Å². The summed E-state index contributed by atoms with van der Waals surface area (Å²) in [7, 11) is 0. The van der Waals surface area contributed by atoms with Crippen LogP contribution in [0.1, 0.15) is 24.7 Å². The number of imidazole rings is 1. The van der Waals surface area contributed by atoms with Crippen LogP contribution in [0.4, 0.5) is 22.0 Å². The van der Waals surface area contributed by atoms with Gasteiger partial charge in [0.1, 0.15) is 11.8 Å². The number of hydrogen-bond donors (Lipinski definition) is 2. The molecule has 14 heteroatoms. The minimum Gasteiger partial charge on any atom is -0.385 e. The monoisotopic (exact) mass is 543 g/mol. The first kappa shape index (κ1) is 26.5. The Balaban J connectivity index is 1.79. The summed E-state index contributed by atoms with van der Waals surface area (Å²) in [5.41, 5.74) is -1.15. The molecule has 0 saturated carbocycles. The third kappa shape index (κ3) is 5.43. The van der Waals surface area contributed by atoms with Crippen molar-refractivity contribution in [1.29, 1.82) is 0 Å². The summed E-state index contributed by atoms with van der Waals surface area (Å²) in [5.74, 6) is -2.34. The summed E-state index contributed by atoms with van der Waals surface area (Å²) in [4.78, 5) is 17.2. The number of benzene rings is 2. The van der Waals surface area contributed by atoms with E-state index in [0.717, 1.165) is 32.0 Å². The number of nitrogens with zero attached hydrogens (tertiary/aromatic N) is 5. The Bertz CT molecular complexity index is 1460. The van der Waals surface area contributed by atoms with Gasteiger partial charge in [-0.05, 0) is 36.8 Å². The molecule has 0 unspecified atom stereocenters. The van der Waals surface area contributed by atoms with Crippen LogP contribution in [0.15, 0.2) is 53.5 Å². The van der Waals surface area contributed by atoms with E-state index in [2.05, 4.69) is 10.1 Å². The Kier molecular flexibility index (Phi) is 7.22. The largest absolute Gasteiger partial charge is 0.416 e. The maximum Gasteiger partial charge on any atom is 0.416 e. The van der Waals surface area contributed by atoms with Crippen molar-refractivity contribution in [3.63, 3.8) is 0 Å². The van der Waals surface area contributed by atoms with Crippen molar-refractivity contribution < 1.29 is 32.2 Å². The van der Waals surface area contributed by atoms with Crippen LogP contribution in [0.3, 0.4) is 0 Å². The van der Waals surface area contributed by atoms with E-state index in [1.807, 2.05) is 0 Å². The van der Waals surface area contributed by atoms with Gasteiger partial charge >= 0.3 is 11.9 Å². The number of rotatable bonds is 7. The van der Waals surface area contributed by atoms with Crippen LogP contribution in [0.5, 0.6) is 0 Å². The highest BCUT2D eigenvalue weighted by Gasteiger charge is 2.39. The molecule has 0 amide bonds. The topological polar surface area (TPSA) is 98.1 Å². The summed E-state index contributed by atoms with van der Waals surface area (Å²) in [6, 6.07) is 9.04. The second-order valence-electron chi connectivity index (χ2n) is 8.14. The zero-order valence-electron chi connectivity index (χ0n) is 19.0. The first-order valence-electron chi connectivity index (χ1n) is 10.8. The molecule has 2 aromatic heterocycles. The molecule has 2 aromatic carbocycles. The van der Waals surface area contributed by atoms with Crippen molar-refractivity contribution in [3.05, 3.63) is 87.5 Å². The third-order valence-electron chi connectivity index (χ3n) is 5.43. The fraction of sp³-hybridized carbons (Fsp3) is 0.261. The minimum absolute atomic E-state index is 0.0419. The van der Waals surface area contributed by atoms with E-state index in [1.165, 1.54) is 37.4 Å². The van der Waals surface area contributed by atoms with E-state index in [-0.39, 0.29) is 17.3 Å². The number of hydrogen-bond acceptors (Lipinski definition) is 5. The van der Waals surface area contributed by atoms with Gasteiger partial charge in [0.25, 0.3) is 0 Å². The smallest absolute Gasteiger partial charge is 0.385 e. The molecule has 4 rings (SSSR count). The number of para-hydroxylation sites is 1. The van der Waals surface area contributed by atoms with Gasteiger partial charge in [-0.25, -0.2) is 23.2 Å². The summed E-state index contributed by atoms with van der Waals surface area (Å²) < 4.78 is 70.4. The Hall–Kier alpha value is -3.55. The van der Waals surface area contributed by atoms with E-state index >= 15 is 0 Å². The second kappa shape index (κ2) is 10.1. The van der Waals surface area contributed by atoms with Crippen molar-refractivity contribution in [2.75, 3.05) is 0 Å². The molecular formula is C23H19ClF5N5O3. The zero-order chi connectivity index (χ0) is 27.1. The summed E-state index contributed by atoms with van der Waals surface area (Å²) in [6.45, 7) is -0.214. The Morgan fingerprint density at radius 2 is 1.68 bits per heavy atom. The van der Waals surface area contributed by atoms with Gasteiger partial charge < -0.3 is 10.2 Å². The molecule has 0 spiro atoms. The van der Waals surface area contributed by atoms with Gasteiger partial charge in [-0.2, -0.15) is 13.2 Å². The minimum atomic E-state index is -4.98. The van der Waals surface area contributed by atoms with Crippen molar-refractivity contribution in [2.24, 2.45) is 0 Å². The van der Waals surface area contributed by atoms with Gasteiger partial charge in [0.05, 0.1) is 18.8 Å². The highest BCUT2D eigenvalue weighted by Crippen LogP contribution is 2.26. The van der Waals surface area contributed by atoms with Gasteiger partial charge in [-0.3, -0.25) is 9.13 Å². The van der Waals surface area contributed by atoms with Gasteiger partial charge in [0, 0.05) is 11.2 Å². The second-order valence-corrected chi connectivity index (χ2v) is 8.58. The van der Waals surface area contributed by atoms with Gasteiger partial charge in [0.2, 0.25) is 0 Å². The third-order valence-corrected chi connectivity index (χ3v) is 5.68. The molecule has 196 valence electrons. The molecule has 2 N–H and O–H groups in total. The Morgan fingerprint density at radius 1 is 1.05 bits per heavy atom. The number of halogens is 6. The fourth-order valence-corrected chi connectivity index (χ4v) is 3.79. The number of aromatic nitrogens is 5. The molecule has 0 radical (unpaired) electrons. The molecule has 37 heavy (non-hydrogen) atoms. The lowest BCUT2D eigenvalue weighted by molar-refractivity contribution is -0.207. The quantitative estimate of drug-likeness (QED) is 0.345. The fourth-order valence-electron chi connectivity index (χ4n) is 3.66. The van der Waals surface area contributed by atoms with Crippen molar-refractivity contribution in [1.82, 2.24) is 23.9 Å². The molecule has 2 atom stereocenters. The predicted molar refractivity (Wildman–Crippen MR) is 122 cm³/mol. The lowest BCUT2D eigenvalue weighted by Gasteiger charge is -2.16. The maximum atomic E-state index is 14.4. The van der Waals surface area contributed by atoms with E-state index < -0.39 is 54.5 Å². The molecule has 2 heterocycles. The Morgan fingerprint density at radius 3 is 2.24 bits per heavy atom. The number of aliphatic hydroxyl groups is 2. The van der Waals surface area contributed by atoms with Gasteiger partial charge in [-0.1, -0.05) is 29.8 Å². The molecule has 0 bridgehead atoms. The van der Waals surface area contributed by atoms with Crippen molar-refractivity contribution in [3.8, 4) is 16.9 Å². The number of aliphatic hydroxyl groups excluding tert-OH is 2. The van der Waals surface area contributed by atoms with Crippen LogP contribution in [-0.4, -0.2) is 46.4 Å². The van der Waals surface area contributed by atoms with E-state index in [4.69, 9.17) is 11.6 Å². The molecule has 0 aliphatic heterocycles. The van der Waals surface area contributed by atoms with E-state index in [1.54, 1.807) is 0 Å². The molecule has 0 aliphatic carbocycles. The summed E-state index contributed by atoms with van der Waals surface area (Å²) in [5, 5.41) is 24.1. The zero-order valence-corrected chi connectivity index (χ0v) is 19.8. The highest BCUT2D eigenvalue weighted by molar-refractivity contribution is 6.30. The predicted octanol–water partition coefficient (Wildman–Crippen LogP) is 3.85. The standard InChI is InChI=1S/C23H19ClF5N5O3/c1-12(35)21-30-19(31-34(21)20-15(25)3-2-4-16(20)26)11-32-9-17(13-5-7-14(24)8-6-13)33(22(32)37)10-18(36)23(27,28)29/h2-9,12,18,35-36H,10-11H2,1H3/t12-,18-/m0/s1. The van der Waals surface area contributed by atoms with Crippen molar-refractivity contribution in [2.45, 2.75) is 38.4 Å². The van der Waals surface area contributed by atoms with Crippen LogP contribution < -0.4 is 5.69 Å². The van der Waals surface area contributed by atoms with Crippen molar-refractivity contribution >= 4 is 11.6 Å². The lowest BCUT2D eigenvalue weighted by atomic mass is 10.1. The molecule has 8 nitrogen and oxygen atoms in total. The number of alkyl halides is 3. The normalized spacial score (nSPS) is 13.6. The lowest BCUT2D eigenvalue weighted by Crippen LogP contribution is -2.37. The first-order chi connectivity index (χ1) is 17.4. The molecule has 0 saturated heterocycles. The summed E-state index contributed by atoms with van der Waals surface area (Å²) in [6.07, 6.45) is -7.88. The average Bonchev–Trinajstić information content (AvgIpc) is 3.36. The van der Waals surface area contributed by atoms with Gasteiger partial charge in [-0.15, -0.1) is 5.10 Å². The summed E-state index contributed by atoms with van der Waals surface area (Å²) >= 11 is 5.89. The molecular weight excluding hydrogens is 525 g/mol. The first-order valence-corrected chi connectivity index (χ1v) is 11.1. The van der Waals surface area contributed by atoms with E-state index in [9.17, 15) is 37.0 Å². The molecule has 0 fully saturated rings. The van der Waals surface area contributed by atoms with Crippen LogP contribution in [0, 0.1) is 11.6 Å². The Labute approximate surface area is 210 Å². The van der Waals surface area contributed by atoms with Crippen LogP contribution >= 0.6 is 11.6 Å². The molecule has 4 aromatic rings. The SMILES string of the molecule is C[C@H](O)c1nc(Cn2cc(-c3ccc(Cl)cc3)n(C[C@H](O)C(F)(F)F)c2=O)nn1-c1c(F)cccc1F. The van der Waals surface area contributed by atoms with E-state index in [0.29, 0.717) is 10.6 Å². The molecule has 0 aliphatic rings. The average molecular weight is 544 g/mol. The maximum absolute atomic E-state index is 14.4. The highest BCUT2D eigenvalue weighted by atomic mass is 35.5. The van der Waals surface area contributed by atoms with Crippen LogP contribution in [-0.2, 0) is 13.1 Å². The van der Waals surface area contributed by atoms with Crippen LogP contribution in [0.2, 0.25) is 5.02 Å².